The fourth-order valence-electron chi connectivity index (χ4n) is 9.11. The predicted octanol–water partition coefficient (Wildman–Crippen LogP) is 12.9. The molecule has 4 aromatic rings. The van der Waals surface area contributed by atoms with Gasteiger partial charge in [-0.3, -0.25) is 0 Å². The summed E-state index contributed by atoms with van der Waals surface area (Å²) in [6.07, 6.45) is 27.4. The van der Waals surface area contributed by atoms with E-state index in [1.54, 1.807) is 12.1 Å². The summed E-state index contributed by atoms with van der Waals surface area (Å²) in [5.41, 5.74) is 4.81. The molecule has 0 fully saturated rings. The number of hydrogen-bond donors (Lipinski definition) is 2. The van der Waals surface area contributed by atoms with Crippen molar-refractivity contribution in [1.82, 2.24) is 0 Å². The molecule has 13 heteroatoms. The van der Waals surface area contributed by atoms with E-state index in [4.69, 9.17) is 0 Å². The first-order chi connectivity index (χ1) is 31.0. The summed E-state index contributed by atoms with van der Waals surface area (Å²) in [6, 6.07) is 30.2. The average molecular weight is 955 g/mol. The summed E-state index contributed by atoms with van der Waals surface area (Å²) in [5.74, 6) is 0. The fraction of sp³-hybridized carbons (Fsp3) is 0.538. The maximum absolute atomic E-state index is 11.8. The quantitative estimate of drug-likeness (QED) is 0.0321. The van der Waals surface area contributed by atoms with E-state index in [0.29, 0.717) is 24.5 Å². The van der Waals surface area contributed by atoms with Crippen molar-refractivity contribution in [2.75, 3.05) is 20.4 Å². The molecule has 0 aromatic heterocycles. The number of nitrogens with one attached hydrogen (secondary N) is 2. The molecule has 65 heavy (non-hydrogen) atoms. The van der Waals surface area contributed by atoms with Crippen molar-refractivity contribution in [3.05, 3.63) is 108 Å². The smallest absolute Gasteiger partial charge is 0.744 e. The number of rotatable bonds is 28. The molecule has 0 amide bonds. The molecule has 352 valence electrons. The van der Waals surface area contributed by atoms with E-state index in [1.807, 2.05) is 48.5 Å². The minimum Gasteiger partial charge on any atom is -0.744 e. The molecule has 2 N–H and O–H groups in total. The molecule has 6 rings (SSSR count). The monoisotopic (exact) mass is 954 g/mol. The summed E-state index contributed by atoms with van der Waals surface area (Å²) in [7, 11) is -9.06. The zero-order valence-electron chi connectivity index (χ0n) is 39.2. The van der Waals surface area contributed by atoms with Gasteiger partial charge in [-0.05, 0) is 61.1 Å². The van der Waals surface area contributed by atoms with Gasteiger partial charge in [-0.1, -0.05) is 202 Å². The van der Waals surface area contributed by atoms with Crippen molar-refractivity contribution in [3.63, 3.8) is 0 Å². The average Bonchev–Trinajstić information content (AvgIpc) is 3.81. The first kappa shape index (κ1) is 54.8. The van der Waals surface area contributed by atoms with Crippen molar-refractivity contribution < 1.29 is 25.9 Å². The minimum absolute atomic E-state index is 0. The van der Waals surface area contributed by atoms with Gasteiger partial charge in [0, 0.05) is 13.1 Å². The summed E-state index contributed by atoms with van der Waals surface area (Å²) >= 11 is 0. The Balaban J connectivity index is 0.000000280. The van der Waals surface area contributed by atoms with Crippen molar-refractivity contribution >= 4 is 80.7 Å². The first-order valence-corrected chi connectivity index (χ1v) is 27.1. The van der Waals surface area contributed by atoms with Crippen LogP contribution in [0.1, 0.15) is 166 Å². The van der Waals surface area contributed by atoms with E-state index in [0.717, 1.165) is 48.2 Å². The molecule has 2 atom stereocenters. The molecule has 0 bridgehead atoms. The van der Waals surface area contributed by atoms with E-state index in [1.165, 1.54) is 128 Å². The first-order valence-electron chi connectivity index (χ1n) is 24.3. The number of fused-ring (bicyclic) bond motifs is 2. The van der Waals surface area contributed by atoms with Crippen LogP contribution in [0.4, 0.5) is 22.7 Å². The second-order valence-electron chi connectivity index (χ2n) is 17.7. The van der Waals surface area contributed by atoms with E-state index in [2.05, 4.69) is 58.5 Å². The summed E-state index contributed by atoms with van der Waals surface area (Å²) in [4.78, 5) is 4.09. The second-order valence-corrected chi connectivity index (χ2v) is 20.4. The van der Waals surface area contributed by atoms with Crippen LogP contribution in [0.3, 0.4) is 0 Å². The number of unbranched alkanes of at least 4 members (excludes halogenated alkanes) is 18. The molecule has 0 saturated heterocycles. The Kier molecular flexibility index (Phi) is 24.5. The Morgan fingerprint density at radius 2 is 0.738 bits per heavy atom. The van der Waals surface area contributed by atoms with Crippen molar-refractivity contribution in [1.29, 1.82) is 0 Å². The molecule has 4 aromatic carbocycles. The molecule has 0 radical (unpaired) electrons. The second kappa shape index (κ2) is 29.1. The normalized spacial score (nSPS) is 15.3. The molecule has 2 aliphatic rings. The van der Waals surface area contributed by atoms with Crippen LogP contribution in [0.5, 0.6) is 0 Å². The molecule has 0 saturated carbocycles. The largest absolute Gasteiger partial charge is 2.00 e. The Morgan fingerprint density at radius 1 is 0.431 bits per heavy atom. The molecule has 0 spiro atoms. The molecular formula is C52H74CaN4O6S2. The van der Waals surface area contributed by atoms with E-state index in [9.17, 15) is 25.9 Å². The van der Waals surface area contributed by atoms with Crippen LogP contribution in [0.15, 0.2) is 107 Å². The van der Waals surface area contributed by atoms with Gasteiger partial charge in [-0.25, -0.2) is 16.8 Å². The SMILES string of the molecule is CCCCCCCCCCCCC1Nc2c(cccc2S(=O)(=O)[O-])N1Cc1ccccc1.CCCCCCCCCCCCC1Nc2c(cccc2S(=O)(=O)[O-])N1Cc1ccccc1.[Ca+2]. The third-order valence-corrected chi connectivity index (χ3v) is 14.4. The topological polar surface area (TPSA) is 145 Å². The van der Waals surface area contributed by atoms with Gasteiger partial charge in [0.1, 0.15) is 20.2 Å². The van der Waals surface area contributed by atoms with E-state index < -0.39 is 20.2 Å². The van der Waals surface area contributed by atoms with Crippen LogP contribution in [-0.2, 0) is 33.3 Å². The van der Waals surface area contributed by atoms with Gasteiger partial charge < -0.3 is 29.5 Å². The number of para-hydroxylation sites is 2. The Labute approximate surface area is 422 Å². The number of hydrogen-bond acceptors (Lipinski definition) is 10. The zero-order chi connectivity index (χ0) is 45.6. The number of benzene rings is 4. The van der Waals surface area contributed by atoms with Gasteiger partial charge in [0.25, 0.3) is 0 Å². The Hall–Kier alpha value is -2.84. The van der Waals surface area contributed by atoms with Gasteiger partial charge in [0.2, 0.25) is 0 Å². The summed E-state index contributed by atoms with van der Waals surface area (Å²) in [5, 5.41) is 6.71. The Bertz CT molecular complexity index is 2030. The van der Waals surface area contributed by atoms with Gasteiger partial charge in [0.05, 0.1) is 44.9 Å². The maximum Gasteiger partial charge on any atom is 2.00 e. The van der Waals surface area contributed by atoms with Gasteiger partial charge in [-0.2, -0.15) is 0 Å². The maximum atomic E-state index is 11.8. The van der Waals surface area contributed by atoms with Crippen LogP contribution in [0, 0.1) is 0 Å². The third kappa shape index (κ3) is 18.0. The van der Waals surface area contributed by atoms with Crippen molar-refractivity contribution in [2.24, 2.45) is 0 Å². The van der Waals surface area contributed by atoms with Crippen LogP contribution < -0.4 is 20.4 Å². The summed E-state index contributed by atoms with van der Waals surface area (Å²) in [6.45, 7) is 5.84. The molecule has 2 aliphatic heterocycles. The van der Waals surface area contributed by atoms with Gasteiger partial charge in [0.15, 0.2) is 0 Å². The van der Waals surface area contributed by atoms with Gasteiger partial charge >= 0.3 is 37.7 Å². The van der Waals surface area contributed by atoms with Crippen molar-refractivity contribution in [3.8, 4) is 0 Å². The van der Waals surface area contributed by atoms with E-state index >= 15 is 0 Å². The zero-order valence-corrected chi connectivity index (χ0v) is 43.1. The van der Waals surface area contributed by atoms with Crippen molar-refractivity contribution in [2.45, 2.75) is 190 Å². The van der Waals surface area contributed by atoms with E-state index in [-0.39, 0.29) is 59.9 Å². The summed E-state index contributed by atoms with van der Waals surface area (Å²) < 4.78 is 70.8. The molecule has 2 unspecified atom stereocenters. The minimum atomic E-state index is -4.53. The fourth-order valence-corrected chi connectivity index (χ4v) is 10.4. The molecule has 10 nitrogen and oxygen atoms in total. The Morgan fingerprint density at radius 3 is 1.05 bits per heavy atom. The van der Waals surface area contributed by atoms with Crippen LogP contribution in [-0.4, -0.2) is 76.0 Å². The third-order valence-electron chi connectivity index (χ3n) is 12.6. The number of nitrogens with zero attached hydrogens (tertiary/aromatic N) is 2. The van der Waals surface area contributed by atoms with Gasteiger partial charge in [-0.15, -0.1) is 0 Å². The molecular weight excluding hydrogens is 881 g/mol. The predicted molar refractivity (Wildman–Crippen MR) is 268 cm³/mol. The molecule has 0 aliphatic carbocycles. The van der Waals surface area contributed by atoms with Crippen LogP contribution in [0.25, 0.3) is 0 Å². The molecule has 2 heterocycles. The van der Waals surface area contributed by atoms with Crippen LogP contribution in [0.2, 0.25) is 0 Å². The standard InChI is InChI=1S/2C26H38N2O3S.Ca/c2*1-2-3-4-5-6-7-8-9-10-14-20-25-27-26-23(18-15-19-24(26)32(29,30)31)28(25)21-22-16-12-11-13-17-22;/h2*11-13,15-19,25,27H,2-10,14,20-21H2,1H3,(H,29,30,31);/q;;+2/p-2. The van der Waals surface area contributed by atoms with Crippen LogP contribution >= 0.6 is 0 Å². The number of anilines is 4.